The first kappa shape index (κ1) is 7.94. The lowest BCUT2D eigenvalue weighted by Crippen LogP contribution is -2.08. The standard InChI is InChI=1S/C10H12N4/c1-3-11-5-7(1)10-13-8-2-4-12-6-9(8)14-10/h2,4,6-7,11H,1,3,5H2,(H,13,14). The number of nitrogens with one attached hydrogen (secondary N) is 2. The van der Waals surface area contributed by atoms with E-state index in [1.54, 1.807) is 6.20 Å². The summed E-state index contributed by atoms with van der Waals surface area (Å²) in [6.45, 7) is 2.13. The van der Waals surface area contributed by atoms with E-state index in [0.29, 0.717) is 5.92 Å². The van der Waals surface area contributed by atoms with Gasteiger partial charge in [0.05, 0.1) is 17.2 Å². The Balaban J connectivity index is 2.05. The molecule has 1 saturated heterocycles. The molecule has 1 fully saturated rings. The molecule has 14 heavy (non-hydrogen) atoms. The summed E-state index contributed by atoms with van der Waals surface area (Å²) in [6, 6.07) is 1.94. The van der Waals surface area contributed by atoms with Crippen molar-refractivity contribution < 1.29 is 0 Å². The molecular weight excluding hydrogens is 176 g/mol. The molecule has 2 aromatic rings. The zero-order valence-corrected chi connectivity index (χ0v) is 7.83. The fourth-order valence-corrected chi connectivity index (χ4v) is 1.96. The predicted octanol–water partition coefficient (Wildman–Crippen LogP) is 1.03. The van der Waals surface area contributed by atoms with Gasteiger partial charge in [-0.15, -0.1) is 0 Å². The van der Waals surface area contributed by atoms with Gasteiger partial charge in [0.2, 0.25) is 0 Å². The molecule has 0 aliphatic carbocycles. The van der Waals surface area contributed by atoms with Crippen molar-refractivity contribution in [1.29, 1.82) is 0 Å². The average molecular weight is 188 g/mol. The van der Waals surface area contributed by atoms with E-state index in [0.717, 1.165) is 29.9 Å². The van der Waals surface area contributed by atoms with Crippen LogP contribution in [0.2, 0.25) is 0 Å². The Morgan fingerprint density at radius 1 is 1.43 bits per heavy atom. The van der Waals surface area contributed by atoms with Crippen molar-refractivity contribution in [3.63, 3.8) is 0 Å². The highest BCUT2D eigenvalue weighted by Crippen LogP contribution is 2.21. The highest BCUT2D eigenvalue weighted by Gasteiger charge is 2.19. The number of H-pyrrole nitrogens is 1. The second-order valence-electron chi connectivity index (χ2n) is 3.70. The van der Waals surface area contributed by atoms with Crippen LogP contribution in [0.25, 0.3) is 11.0 Å². The topological polar surface area (TPSA) is 53.6 Å². The normalized spacial score (nSPS) is 21.9. The first-order chi connectivity index (χ1) is 6.93. The lowest BCUT2D eigenvalue weighted by atomic mass is 10.1. The summed E-state index contributed by atoms with van der Waals surface area (Å²) in [7, 11) is 0. The van der Waals surface area contributed by atoms with Crippen LogP contribution in [0.5, 0.6) is 0 Å². The molecule has 0 spiro atoms. The van der Waals surface area contributed by atoms with Crippen molar-refractivity contribution in [2.45, 2.75) is 12.3 Å². The smallest absolute Gasteiger partial charge is 0.111 e. The number of nitrogens with zero attached hydrogens (tertiary/aromatic N) is 2. The fourth-order valence-electron chi connectivity index (χ4n) is 1.96. The summed E-state index contributed by atoms with van der Waals surface area (Å²) < 4.78 is 0. The van der Waals surface area contributed by atoms with Crippen LogP contribution in [0.1, 0.15) is 18.2 Å². The molecule has 3 heterocycles. The third-order valence-corrected chi connectivity index (χ3v) is 2.75. The Hall–Kier alpha value is -1.42. The lowest BCUT2D eigenvalue weighted by Gasteiger charge is -2.01. The van der Waals surface area contributed by atoms with E-state index in [2.05, 4.69) is 20.3 Å². The van der Waals surface area contributed by atoms with Crippen molar-refractivity contribution in [3.8, 4) is 0 Å². The molecule has 1 atom stereocenters. The molecule has 0 saturated carbocycles. The van der Waals surface area contributed by atoms with Crippen molar-refractivity contribution in [3.05, 3.63) is 24.3 Å². The van der Waals surface area contributed by atoms with Crippen LogP contribution < -0.4 is 5.32 Å². The summed E-state index contributed by atoms with van der Waals surface area (Å²) >= 11 is 0. The monoisotopic (exact) mass is 188 g/mol. The van der Waals surface area contributed by atoms with Crippen LogP contribution >= 0.6 is 0 Å². The molecule has 0 aromatic carbocycles. The van der Waals surface area contributed by atoms with Gasteiger partial charge in [-0.05, 0) is 19.0 Å². The minimum Gasteiger partial charge on any atom is -0.340 e. The van der Waals surface area contributed by atoms with Crippen molar-refractivity contribution in [1.82, 2.24) is 20.3 Å². The van der Waals surface area contributed by atoms with E-state index < -0.39 is 0 Å². The predicted molar refractivity (Wildman–Crippen MR) is 54.1 cm³/mol. The first-order valence-corrected chi connectivity index (χ1v) is 4.94. The van der Waals surface area contributed by atoms with E-state index in [9.17, 15) is 0 Å². The maximum Gasteiger partial charge on any atom is 0.111 e. The summed E-state index contributed by atoms with van der Waals surface area (Å²) in [5.41, 5.74) is 2.05. The van der Waals surface area contributed by atoms with Crippen LogP contribution in [-0.4, -0.2) is 28.0 Å². The van der Waals surface area contributed by atoms with Crippen LogP contribution in [0.15, 0.2) is 18.5 Å². The zero-order valence-electron chi connectivity index (χ0n) is 7.83. The number of hydrogen-bond acceptors (Lipinski definition) is 3. The third-order valence-electron chi connectivity index (χ3n) is 2.75. The Morgan fingerprint density at radius 3 is 3.21 bits per heavy atom. The molecule has 1 unspecified atom stereocenters. The van der Waals surface area contributed by atoms with Gasteiger partial charge in [-0.25, -0.2) is 4.98 Å². The summed E-state index contributed by atoms with van der Waals surface area (Å²) in [6.07, 6.45) is 4.78. The van der Waals surface area contributed by atoms with Crippen LogP contribution in [-0.2, 0) is 0 Å². The SMILES string of the molecule is c1cc2nc(C3CCNC3)[nH]c2cn1. The first-order valence-electron chi connectivity index (χ1n) is 4.94. The Kier molecular flexibility index (Phi) is 1.73. The molecular formula is C10H12N4. The number of fused-ring (bicyclic) bond motifs is 1. The van der Waals surface area contributed by atoms with Gasteiger partial charge in [0.15, 0.2) is 0 Å². The lowest BCUT2D eigenvalue weighted by molar-refractivity contribution is 0.717. The number of aromatic nitrogens is 3. The van der Waals surface area contributed by atoms with Crippen molar-refractivity contribution >= 4 is 11.0 Å². The highest BCUT2D eigenvalue weighted by molar-refractivity contribution is 5.73. The summed E-state index contributed by atoms with van der Waals surface area (Å²) in [4.78, 5) is 11.9. The largest absolute Gasteiger partial charge is 0.340 e. The van der Waals surface area contributed by atoms with Crippen LogP contribution in [0.3, 0.4) is 0 Å². The second-order valence-corrected chi connectivity index (χ2v) is 3.70. The average Bonchev–Trinajstić information content (AvgIpc) is 2.86. The van der Waals surface area contributed by atoms with Crippen LogP contribution in [0, 0.1) is 0 Å². The van der Waals surface area contributed by atoms with Gasteiger partial charge < -0.3 is 10.3 Å². The number of rotatable bonds is 1. The molecule has 0 bridgehead atoms. The van der Waals surface area contributed by atoms with Gasteiger partial charge in [0.1, 0.15) is 5.82 Å². The van der Waals surface area contributed by atoms with E-state index in [1.165, 1.54) is 6.42 Å². The molecule has 4 heteroatoms. The van der Waals surface area contributed by atoms with Gasteiger partial charge >= 0.3 is 0 Å². The number of imidazole rings is 1. The minimum atomic E-state index is 0.544. The molecule has 2 N–H and O–H groups in total. The van der Waals surface area contributed by atoms with Crippen LogP contribution in [0.4, 0.5) is 0 Å². The quantitative estimate of drug-likeness (QED) is 0.703. The van der Waals surface area contributed by atoms with Gasteiger partial charge in [0, 0.05) is 18.7 Å². The molecule has 72 valence electrons. The van der Waals surface area contributed by atoms with E-state index in [4.69, 9.17) is 0 Å². The molecule has 2 aromatic heterocycles. The Labute approximate surface area is 81.8 Å². The highest BCUT2D eigenvalue weighted by atomic mass is 15.0. The number of pyridine rings is 1. The van der Waals surface area contributed by atoms with Gasteiger partial charge in [-0.3, -0.25) is 4.98 Å². The number of aromatic amines is 1. The summed E-state index contributed by atoms with van der Waals surface area (Å²) in [5.74, 6) is 1.64. The molecule has 1 aliphatic rings. The van der Waals surface area contributed by atoms with Gasteiger partial charge in [-0.1, -0.05) is 0 Å². The number of hydrogen-bond donors (Lipinski definition) is 2. The third kappa shape index (κ3) is 1.19. The minimum absolute atomic E-state index is 0.544. The molecule has 4 nitrogen and oxygen atoms in total. The molecule has 0 radical (unpaired) electrons. The molecule has 0 amide bonds. The van der Waals surface area contributed by atoms with E-state index >= 15 is 0 Å². The Bertz CT molecular complexity index is 409. The molecule has 3 rings (SSSR count). The van der Waals surface area contributed by atoms with E-state index in [-0.39, 0.29) is 0 Å². The molecule has 1 aliphatic heterocycles. The van der Waals surface area contributed by atoms with Gasteiger partial charge in [0.25, 0.3) is 0 Å². The Morgan fingerprint density at radius 2 is 2.43 bits per heavy atom. The zero-order chi connectivity index (χ0) is 9.38. The maximum atomic E-state index is 4.56. The fraction of sp³-hybridized carbons (Fsp3) is 0.400. The van der Waals surface area contributed by atoms with E-state index in [1.807, 2.05) is 12.3 Å². The summed E-state index contributed by atoms with van der Waals surface area (Å²) in [5, 5.41) is 3.34. The second kappa shape index (κ2) is 3.06. The van der Waals surface area contributed by atoms with Crippen molar-refractivity contribution in [2.75, 3.05) is 13.1 Å². The van der Waals surface area contributed by atoms with Crippen molar-refractivity contribution in [2.24, 2.45) is 0 Å². The maximum absolute atomic E-state index is 4.56. The van der Waals surface area contributed by atoms with Gasteiger partial charge in [-0.2, -0.15) is 0 Å².